The number of rotatable bonds is 10. The number of carbonyl (C=O) groups excluding carboxylic acids is 1. The van der Waals surface area contributed by atoms with E-state index in [0.717, 1.165) is 43.2 Å². The molecule has 0 bridgehead atoms. The Balaban J connectivity index is 1.39. The van der Waals surface area contributed by atoms with E-state index >= 15 is 0 Å². The quantitative estimate of drug-likeness (QED) is 0.616. The highest BCUT2D eigenvalue weighted by atomic mass is 16.5. The lowest BCUT2D eigenvalue weighted by Crippen LogP contribution is -2.49. The number of amides is 1. The molecule has 7 nitrogen and oxygen atoms in total. The fraction of sp³-hybridized carbons (Fsp3) is 0.435. The largest absolute Gasteiger partial charge is 0.495 e. The molecule has 1 amide bonds. The maximum absolute atomic E-state index is 10.9. The number of β-amino-alcohol motifs (C(OH)–C–C–N with tert-alkyl or cyclic N) is 1. The number of aryl methyl sites for hydroxylation is 1. The minimum atomic E-state index is -0.558. The predicted molar refractivity (Wildman–Crippen MR) is 117 cm³/mol. The number of methoxy groups -OCH3 is 1. The van der Waals surface area contributed by atoms with Gasteiger partial charge in [0.15, 0.2) is 0 Å². The highest BCUT2D eigenvalue weighted by molar-refractivity contribution is 5.74. The van der Waals surface area contributed by atoms with Crippen molar-refractivity contribution in [1.29, 1.82) is 0 Å². The first-order chi connectivity index (χ1) is 14.5. The fourth-order valence-electron chi connectivity index (χ4n) is 3.63. The van der Waals surface area contributed by atoms with Crippen molar-refractivity contribution < 1.29 is 19.4 Å². The summed E-state index contributed by atoms with van der Waals surface area (Å²) in [5.74, 6) is 1.29. The maximum atomic E-state index is 10.9. The van der Waals surface area contributed by atoms with Gasteiger partial charge in [0, 0.05) is 39.1 Å². The lowest BCUT2D eigenvalue weighted by Gasteiger charge is -2.37. The van der Waals surface area contributed by atoms with E-state index in [2.05, 4.69) is 15.9 Å². The van der Waals surface area contributed by atoms with Gasteiger partial charge in [0.05, 0.1) is 12.8 Å². The first kappa shape index (κ1) is 21.9. The zero-order valence-corrected chi connectivity index (χ0v) is 17.5. The first-order valence-corrected chi connectivity index (χ1v) is 10.3. The van der Waals surface area contributed by atoms with Crippen molar-refractivity contribution in [3.63, 3.8) is 0 Å². The summed E-state index contributed by atoms with van der Waals surface area (Å²) in [4.78, 5) is 15.4. The predicted octanol–water partition coefficient (Wildman–Crippen LogP) is 1.67. The monoisotopic (exact) mass is 413 g/mol. The van der Waals surface area contributed by atoms with Crippen molar-refractivity contribution >= 4 is 11.6 Å². The average molecular weight is 414 g/mol. The van der Waals surface area contributed by atoms with Crippen LogP contribution in [-0.2, 0) is 11.2 Å². The Labute approximate surface area is 178 Å². The van der Waals surface area contributed by atoms with E-state index in [0.29, 0.717) is 25.1 Å². The Morgan fingerprint density at radius 3 is 2.47 bits per heavy atom. The Morgan fingerprint density at radius 1 is 1.10 bits per heavy atom. The van der Waals surface area contributed by atoms with Crippen LogP contribution in [0, 0.1) is 0 Å². The molecule has 0 radical (unpaired) electrons. The molecule has 1 aliphatic rings. The van der Waals surface area contributed by atoms with Crippen molar-refractivity contribution in [3.05, 3.63) is 54.1 Å². The molecule has 0 saturated carbocycles. The molecule has 7 heteroatoms. The Hall–Kier alpha value is -2.77. The van der Waals surface area contributed by atoms with E-state index in [1.165, 1.54) is 0 Å². The van der Waals surface area contributed by atoms with Crippen molar-refractivity contribution in [1.82, 2.24) is 4.90 Å². The van der Waals surface area contributed by atoms with Gasteiger partial charge in [0.1, 0.15) is 24.2 Å². The number of ether oxygens (including phenoxy) is 2. The lowest BCUT2D eigenvalue weighted by atomic mass is 10.1. The molecule has 3 rings (SSSR count). The number of aliphatic hydroxyl groups is 1. The number of carbonyl (C=O) groups is 1. The maximum Gasteiger partial charge on any atom is 0.217 e. The van der Waals surface area contributed by atoms with Crippen LogP contribution < -0.4 is 20.1 Å². The van der Waals surface area contributed by atoms with Crippen molar-refractivity contribution in [2.24, 2.45) is 5.73 Å². The summed E-state index contributed by atoms with van der Waals surface area (Å²) in [6.07, 6.45) is 0.403. The number of piperazine rings is 1. The third-order valence-corrected chi connectivity index (χ3v) is 5.29. The third kappa shape index (κ3) is 6.37. The van der Waals surface area contributed by atoms with Crippen LogP contribution in [0.5, 0.6) is 11.5 Å². The second-order valence-corrected chi connectivity index (χ2v) is 7.53. The number of hydrogen-bond donors (Lipinski definition) is 2. The molecule has 2 aromatic rings. The number of hydrogen-bond acceptors (Lipinski definition) is 6. The fourth-order valence-corrected chi connectivity index (χ4v) is 3.63. The molecule has 162 valence electrons. The molecule has 0 aliphatic carbocycles. The van der Waals surface area contributed by atoms with Crippen LogP contribution in [0.15, 0.2) is 48.5 Å². The molecular weight excluding hydrogens is 382 g/mol. The highest BCUT2D eigenvalue weighted by Gasteiger charge is 2.21. The molecule has 2 aromatic carbocycles. The average Bonchev–Trinajstić information content (AvgIpc) is 2.77. The van der Waals surface area contributed by atoms with Gasteiger partial charge in [-0.25, -0.2) is 0 Å². The summed E-state index contributed by atoms with van der Waals surface area (Å²) >= 11 is 0. The minimum Gasteiger partial charge on any atom is -0.495 e. The van der Waals surface area contributed by atoms with Crippen molar-refractivity contribution in [3.8, 4) is 11.5 Å². The topological polar surface area (TPSA) is 88.3 Å². The van der Waals surface area contributed by atoms with Crippen LogP contribution in [0.3, 0.4) is 0 Å². The number of primary amides is 1. The molecular formula is C23H31N3O4. The van der Waals surface area contributed by atoms with Gasteiger partial charge < -0.3 is 25.2 Å². The molecule has 1 fully saturated rings. The van der Waals surface area contributed by atoms with E-state index in [4.69, 9.17) is 15.2 Å². The van der Waals surface area contributed by atoms with Crippen LogP contribution >= 0.6 is 0 Å². The number of anilines is 1. The summed E-state index contributed by atoms with van der Waals surface area (Å²) in [6.45, 7) is 4.36. The van der Waals surface area contributed by atoms with Crippen LogP contribution in [-0.4, -0.2) is 68.5 Å². The molecule has 30 heavy (non-hydrogen) atoms. The zero-order chi connectivity index (χ0) is 21.3. The summed E-state index contributed by atoms with van der Waals surface area (Å²) in [5.41, 5.74) is 7.32. The number of nitrogens with zero attached hydrogens (tertiary/aromatic N) is 2. The minimum absolute atomic E-state index is 0.243. The highest BCUT2D eigenvalue weighted by Crippen LogP contribution is 2.28. The van der Waals surface area contributed by atoms with E-state index in [-0.39, 0.29) is 12.5 Å². The van der Waals surface area contributed by atoms with E-state index < -0.39 is 6.10 Å². The van der Waals surface area contributed by atoms with Gasteiger partial charge in [-0.1, -0.05) is 24.3 Å². The SMILES string of the molecule is COc1ccccc1N1CCN(CC(O)COc2ccc(CCC(N)=O)cc2)CC1. The van der Waals surface area contributed by atoms with Gasteiger partial charge in [-0.2, -0.15) is 0 Å². The third-order valence-electron chi connectivity index (χ3n) is 5.29. The smallest absolute Gasteiger partial charge is 0.217 e. The summed E-state index contributed by atoms with van der Waals surface area (Å²) in [6, 6.07) is 15.6. The molecule has 1 aliphatic heterocycles. The van der Waals surface area contributed by atoms with Gasteiger partial charge in [-0.05, 0) is 36.2 Å². The molecule has 1 unspecified atom stereocenters. The normalized spacial score (nSPS) is 15.6. The summed E-state index contributed by atoms with van der Waals surface area (Å²) < 4.78 is 11.2. The Kier molecular flexibility index (Phi) is 7.93. The van der Waals surface area contributed by atoms with Gasteiger partial charge >= 0.3 is 0 Å². The van der Waals surface area contributed by atoms with Crippen LogP contribution in [0.4, 0.5) is 5.69 Å². The number of benzene rings is 2. The Morgan fingerprint density at radius 2 is 1.80 bits per heavy atom. The standard InChI is InChI=1S/C23H31N3O4/c1-29-22-5-3-2-4-21(22)26-14-12-25(13-15-26)16-19(27)17-30-20-9-6-18(7-10-20)8-11-23(24)28/h2-7,9-10,19,27H,8,11-17H2,1H3,(H2,24,28). The molecule has 3 N–H and O–H groups in total. The van der Waals surface area contributed by atoms with Gasteiger partial charge in [0.25, 0.3) is 0 Å². The number of aliphatic hydroxyl groups excluding tert-OH is 1. The van der Waals surface area contributed by atoms with Gasteiger partial charge in [-0.15, -0.1) is 0 Å². The lowest BCUT2D eigenvalue weighted by molar-refractivity contribution is -0.117. The Bertz CT molecular complexity index is 804. The van der Waals surface area contributed by atoms with Crippen LogP contribution in [0.25, 0.3) is 0 Å². The van der Waals surface area contributed by atoms with Crippen molar-refractivity contribution in [2.75, 3.05) is 51.3 Å². The van der Waals surface area contributed by atoms with Crippen LogP contribution in [0.1, 0.15) is 12.0 Å². The molecule has 1 heterocycles. The molecule has 0 aromatic heterocycles. The summed E-state index contributed by atoms with van der Waals surface area (Å²) in [5, 5.41) is 10.4. The van der Waals surface area contributed by atoms with Crippen LogP contribution in [0.2, 0.25) is 0 Å². The van der Waals surface area contributed by atoms with E-state index in [1.54, 1.807) is 7.11 Å². The second kappa shape index (κ2) is 10.8. The number of nitrogens with two attached hydrogens (primary N) is 1. The molecule has 0 spiro atoms. The van der Waals surface area contributed by atoms with E-state index in [1.807, 2.05) is 42.5 Å². The molecule has 1 saturated heterocycles. The zero-order valence-electron chi connectivity index (χ0n) is 17.5. The van der Waals surface area contributed by atoms with E-state index in [9.17, 15) is 9.90 Å². The van der Waals surface area contributed by atoms with Gasteiger partial charge in [-0.3, -0.25) is 9.69 Å². The van der Waals surface area contributed by atoms with Crippen molar-refractivity contribution in [2.45, 2.75) is 18.9 Å². The number of para-hydroxylation sites is 2. The second-order valence-electron chi connectivity index (χ2n) is 7.53. The molecule has 1 atom stereocenters. The van der Waals surface area contributed by atoms with Gasteiger partial charge in [0.2, 0.25) is 5.91 Å². The summed E-state index contributed by atoms with van der Waals surface area (Å²) in [7, 11) is 1.69. The first-order valence-electron chi connectivity index (χ1n) is 10.3.